The average molecular weight is 499 g/mol. The van der Waals surface area contributed by atoms with E-state index in [0.29, 0.717) is 17.4 Å². The van der Waals surface area contributed by atoms with Crippen LogP contribution in [0.2, 0.25) is 0 Å². The fraction of sp³-hybridized carbons (Fsp3) is 0.714. The quantitative estimate of drug-likeness (QED) is 0.462. The highest BCUT2D eigenvalue weighted by Crippen LogP contribution is 2.35. The van der Waals surface area contributed by atoms with Crippen LogP contribution in [0.15, 0.2) is 12.4 Å². The summed E-state index contributed by atoms with van der Waals surface area (Å²) in [6, 6.07) is -0.350. The first-order valence-electron chi connectivity index (χ1n) is 11.2. The van der Waals surface area contributed by atoms with Gasteiger partial charge >= 0.3 is 0 Å². The Bertz CT molecular complexity index is 1020. The van der Waals surface area contributed by atoms with Crippen LogP contribution in [0.5, 0.6) is 5.88 Å². The van der Waals surface area contributed by atoms with Crippen molar-refractivity contribution in [3.63, 3.8) is 0 Å². The third-order valence-corrected chi connectivity index (χ3v) is 7.93. The van der Waals surface area contributed by atoms with Crippen molar-refractivity contribution >= 4 is 16.0 Å². The lowest BCUT2D eigenvalue weighted by Gasteiger charge is -2.24. The molecular formula is C21H34N6O6S. The van der Waals surface area contributed by atoms with Crippen LogP contribution in [0.3, 0.4) is 0 Å². The van der Waals surface area contributed by atoms with Gasteiger partial charge in [-0.05, 0) is 26.7 Å². The maximum Gasteiger partial charge on any atom is 0.238 e. The topological polar surface area (TPSA) is 140 Å². The van der Waals surface area contributed by atoms with Crippen molar-refractivity contribution in [3.05, 3.63) is 23.9 Å². The van der Waals surface area contributed by atoms with Crippen LogP contribution in [0.25, 0.3) is 0 Å². The van der Waals surface area contributed by atoms with E-state index >= 15 is 0 Å². The molecule has 0 spiro atoms. The van der Waals surface area contributed by atoms with Crippen molar-refractivity contribution in [2.45, 2.75) is 63.0 Å². The molecule has 2 aromatic heterocycles. The number of ether oxygens (including phenoxy) is 4. The molecule has 1 aliphatic heterocycles. The molecule has 0 unspecified atom stereocenters. The molecular weight excluding hydrogens is 464 g/mol. The summed E-state index contributed by atoms with van der Waals surface area (Å²) in [5, 5.41) is 7.64. The maximum absolute atomic E-state index is 13.4. The molecule has 1 fully saturated rings. The van der Waals surface area contributed by atoms with Gasteiger partial charge in [0.25, 0.3) is 0 Å². The van der Waals surface area contributed by atoms with Gasteiger partial charge in [0.15, 0.2) is 5.82 Å². The predicted molar refractivity (Wildman–Crippen MR) is 124 cm³/mol. The van der Waals surface area contributed by atoms with Crippen LogP contribution in [0.4, 0.5) is 5.95 Å². The van der Waals surface area contributed by atoms with E-state index in [-0.39, 0.29) is 37.4 Å². The van der Waals surface area contributed by atoms with E-state index in [2.05, 4.69) is 24.9 Å². The standard InChI is InChI=1S/C21H34N6O6S/c1-13-7-8-18(33-13)20-24-25-21(27(20)16(11-30-4)12-31-5)26-34(28,29)15(3)14(2)17-9-23-19(32-6)10-22-17/h9-10,13-16,18H,7-8,11-12H2,1-6H3,(H,25,26)/t13-,14-,15-,18-/m0/s1. The molecule has 190 valence electrons. The van der Waals surface area contributed by atoms with Gasteiger partial charge in [-0.15, -0.1) is 10.2 Å². The minimum Gasteiger partial charge on any atom is -0.480 e. The Kier molecular flexibility index (Phi) is 8.79. The first-order chi connectivity index (χ1) is 16.2. The van der Waals surface area contributed by atoms with E-state index < -0.39 is 21.2 Å². The maximum atomic E-state index is 13.4. The second-order valence-electron chi connectivity index (χ2n) is 8.45. The number of hydrogen-bond donors (Lipinski definition) is 1. The summed E-state index contributed by atoms with van der Waals surface area (Å²) in [5.41, 5.74) is 0.533. The highest BCUT2D eigenvalue weighted by atomic mass is 32.2. The Labute approximate surface area is 200 Å². The largest absolute Gasteiger partial charge is 0.480 e. The number of rotatable bonds is 12. The Balaban J connectivity index is 1.90. The number of methoxy groups -OCH3 is 3. The summed E-state index contributed by atoms with van der Waals surface area (Å²) in [6.07, 6.45) is 4.43. The van der Waals surface area contributed by atoms with E-state index in [4.69, 9.17) is 18.9 Å². The molecule has 0 radical (unpaired) electrons. The number of nitrogens with zero attached hydrogens (tertiary/aromatic N) is 5. The van der Waals surface area contributed by atoms with E-state index in [9.17, 15) is 8.42 Å². The molecule has 0 saturated carbocycles. The highest BCUT2D eigenvalue weighted by molar-refractivity contribution is 7.93. The number of aromatic nitrogens is 5. The molecule has 2 aromatic rings. The summed E-state index contributed by atoms with van der Waals surface area (Å²) in [5.74, 6) is 0.551. The van der Waals surface area contributed by atoms with Gasteiger partial charge in [-0.2, -0.15) is 0 Å². The van der Waals surface area contributed by atoms with Crippen molar-refractivity contribution in [1.29, 1.82) is 0 Å². The number of anilines is 1. The van der Waals surface area contributed by atoms with Gasteiger partial charge in [0.05, 0.1) is 55.8 Å². The Morgan fingerprint density at radius 3 is 2.35 bits per heavy atom. The fourth-order valence-electron chi connectivity index (χ4n) is 3.92. The van der Waals surface area contributed by atoms with E-state index in [0.717, 1.165) is 12.8 Å². The van der Waals surface area contributed by atoms with Gasteiger partial charge in [0.1, 0.15) is 6.10 Å². The number of sulfonamides is 1. The smallest absolute Gasteiger partial charge is 0.238 e. The second-order valence-corrected chi connectivity index (χ2v) is 10.5. The molecule has 1 N–H and O–H groups in total. The Morgan fingerprint density at radius 1 is 1.12 bits per heavy atom. The minimum atomic E-state index is -3.88. The number of hydrogen-bond acceptors (Lipinski definition) is 10. The van der Waals surface area contributed by atoms with Crippen LogP contribution in [-0.4, -0.2) is 79.0 Å². The first kappa shape index (κ1) is 26.3. The zero-order valence-corrected chi connectivity index (χ0v) is 21.3. The van der Waals surface area contributed by atoms with Crippen molar-refractivity contribution in [3.8, 4) is 5.88 Å². The molecule has 13 heteroatoms. The molecule has 1 saturated heterocycles. The second kappa shape index (κ2) is 11.4. The van der Waals surface area contributed by atoms with Crippen molar-refractivity contribution < 1.29 is 27.4 Å². The summed E-state index contributed by atoms with van der Waals surface area (Å²) in [4.78, 5) is 8.42. The van der Waals surface area contributed by atoms with E-state index in [1.807, 2.05) is 6.92 Å². The minimum absolute atomic E-state index is 0.0880. The summed E-state index contributed by atoms with van der Waals surface area (Å²) in [6.45, 7) is 5.96. The van der Waals surface area contributed by atoms with Gasteiger partial charge < -0.3 is 18.9 Å². The summed E-state index contributed by atoms with van der Waals surface area (Å²) in [7, 11) is 0.762. The molecule has 34 heavy (non-hydrogen) atoms. The molecule has 0 amide bonds. The third-order valence-electron chi connectivity index (χ3n) is 6.08. The summed E-state index contributed by atoms with van der Waals surface area (Å²) >= 11 is 0. The van der Waals surface area contributed by atoms with Gasteiger partial charge in [-0.25, -0.2) is 13.4 Å². The lowest BCUT2D eigenvalue weighted by Crippen LogP contribution is -2.32. The lowest BCUT2D eigenvalue weighted by molar-refractivity contribution is 0.0406. The normalized spacial score (nSPS) is 20.4. The molecule has 0 aliphatic carbocycles. The van der Waals surface area contributed by atoms with Gasteiger partial charge in [-0.3, -0.25) is 14.3 Å². The average Bonchev–Trinajstić information content (AvgIpc) is 3.43. The third kappa shape index (κ3) is 5.82. The predicted octanol–water partition coefficient (Wildman–Crippen LogP) is 2.08. The highest BCUT2D eigenvalue weighted by Gasteiger charge is 2.35. The Hall–Kier alpha value is -2.35. The van der Waals surface area contributed by atoms with Gasteiger partial charge in [-0.1, -0.05) is 6.92 Å². The van der Waals surface area contributed by atoms with Crippen molar-refractivity contribution in [1.82, 2.24) is 24.7 Å². The Morgan fingerprint density at radius 2 is 1.82 bits per heavy atom. The number of nitrogens with one attached hydrogen (secondary N) is 1. The van der Waals surface area contributed by atoms with Crippen LogP contribution >= 0.6 is 0 Å². The van der Waals surface area contributed by atoms with Crippen molar-refractivity contribution in [2.24, 2.45) is 0 Å². The van der Waals surface area contributed by atoms with Gasteiger partial charge in [0.2, 0.25) is 21.9 Å². The monoisotopic (exact) mass is 498 g/mol. The molecule has 4 atom stereocenters. The molecule has 0 aromatic carbocycles. The SMILES string of the molecule is COCC(COC)n1c(NS(=O)(=O)[C@@H](C)[C@H](C)c2cnc(OC)cn2)nnc1[C@@H]1CC[C@H](C)O1. The van der Waals surface area contributed by atoms with Crippen LogP contribution in [-0.2, 0) is 24.2 Å². The van der Waals surface area contributed by atoms with E-state index in [1.165, 1.54) is 19.5 Å². The molecule has 1 aliphatic rings. The first-order valence-corrected chi connectivity index (χ1v) is 12.7. The summed E-state index contributed by atoms with van der Waals surface area (Å²) < 4.78 is 52.8. The van der Waals surface area contributed by atoms with Crippen LogP contribution in [0.1, 0.15) is 63.2 Å². The van der Waals surface area contributed by atoms with Crippen LogP contribution in [0, 0.1) is 0 Å². The fourth-order valence-corrected chi connectivity index (χ4v) is 5.18. The molecule has 0 bridgehead atoms. The zero-order valence-electron chi connectivity index (χ0n) is 20.5. The zero-order chi connectivity index (χ0) is 24.9. The molecule has 12 nitrogen and oxygen atoms in total. The lowest BCUT2D eigenvalue weighted by atomic mass is 10.1. The van der Waals surface area contributed by atoms with E-state index in [1.54, 1.807) is 32.6 Å². The van der Waals surface area contributed by atoms with Crippen molar-refractivity contribution in [2.75, 3.05) is 39.3 Å². The van der Waals surface area contributed by atoms with Crippen LogP contribution < -0.4 is 9.46 Å². The molecule has 3 heterocycles. The van der Waals surface area contributed by atoms with Gasteiger partial charge in [0, 0.05) is 20.1 Å². The molecule has 3 rings (SSSR count).